The molecule has 14 heavy (non-hydrogen) atoms. The lowest BCUT2D eigenvalue weighted by Gasteiger charge is -2.21. The van der Waals surface area contributed by atoms with E-state index in [2.05, 4.69) is 32.3 Å². The number of hydrogen-bond donors (Lipinski definition) is 1. The topological polar surface area (TPSA) is 48.7 Å². The third-order valence-corrected chi connectivity index (χ3v) is 2.55. The molecule has 0 aromatic carbocycles. The molecule has 0 radical (unpaired) electrons. The molecular weight excluding hydrogens is 242 g/mol. The van der Waals surface area contributed by atoms with Gasteiger partial charge in [-0.1, -0.05) is 6.92 Å². The van der Waals surface area contributed by atoms with E-state index in [0.717, 1.165) is 16.7 Å². The van der Waals surface area contributed by atoms with Gasteiger partial charge in [0.05, 0.1) is 6.07 Å². The van der Waals surface area contributed by atoms with Crippen LogP contribution in [-0.4, -0.2) is 10.5 Å². The molecule has 0 saturated heterocycles. The summed E-state index contributed by atoms with van der Waals surface area (Å²) in [5.41, 5.74) is -0.541. The molecule has 4 heteroatoms. The Labute approximate surface area is 92.3 Å². The number of aromatic nitrogens is 1. The van der Waals surface area contributed by atoms with Crippen molar-refractivity contribution < 1.29 is 0 Å². The number of nitrogens with zero attached hydrogens (tertiary/aromatic N) is 2. The predicted molar refractivity (Wildman–Crippen MR) is 59.9 cm³/mol. The molecule has 0 saturated carbocycles. The molecule has 1 atom stereocenters. The van der Waals surface area contributed by atoms with E-state index >= 15 is 0 Å². The molecule has 3 nitrogen and oxygen atoms in total. The summed E-state index contributed by atoms with van der Waals surface area (Å²) in [5.74, 6) is 0.721. The van der Waals surface area contributed by atoms with Gasteiger partial charge in [-0.2, -0.15) is 5.26 Å². The highest BCUT2D eigenvalue weighted by molar-refractivity contribution is 9.10. The summed E-state index contributed by atoms with van der Waals surface area (Å²) < 4.78 is 0.929. The van der Waals surface area contributed by atoms with Gasteiger partial charge in [-0.05, 0) is 41.4 Å². The van der Waals surface area contributed by atoms with Gasteiger partial charge in [0.2, 0.25) is 0 Å². The van der Waals surface area contributed by atoms with Gasteiger partial charge in [0, 0.05) is 10.7 Å². The zero-order valence-electron chi connectivity index (χ0n) is 8.21. The van der Waals surface area contributed by atoms with Crippen molar-refractivity contribution in [3.05, 3.63) is 22.8 Å². The van der Waals surface area contributed by atoms with Crippen LogP contribution in [0.1, 0.15) is 20.3 Å². The molecule has 0 aliphatic carbocycles. The van der Waals surface area contributed by atoms with Crippen molar-refractivity contribution in [2.45, 2.75) is 25.8 Å². The second-order valence-corrected chi connectivity index (χ2v) is 4.20. The zero-order valence-corrected chi connectivity index (χ0v) is 9.80. The first kappa shape index (κ1) is 11.0. The van der Waals surface area contributed by atoms with E-state index in [4.69, 9.17) is 5.26 Å². The molecule has 1 aromatic rings. The summed E-state index contributed by atoms with van der Waals surface area (Å²) in [6.07, 6.45) is 2.44. The minimum absolute atomic E-state index is 0.541. The van der Waals surface area contributed by atoms with Gasteiger partial charge in [-0.25, -0.2) is 4.98 Å². The summed E-state index contributed by atoms with van der Waals surface area (Å²) in [4.78, 5) is 4.15. The average molecular weight is 254 g/mol. The van der Waals surface area contributed by atoms with Gasteiger partial charge in [0.1, 0.15) is 11.4 Å². The average Bonchev–Trinajstić information content (AvgIpc) is 2.21. The summed E-state index contributed by atoms with van der Waals surface area (Å²) >= 11 is 3.30. The fourth-order valence-corrected chi connectivity index (χ4v) is 1.16. The second-order valence-electron chi connectivity index (χ2n) is 3.28. The third kappa shape index (κ3) is 2.71. The van der Waals surface area contributed by atoms with Gasteiger partial charge in [-0.3, -0.25) is 0 Å². The van der Waals surface area contributed by atoms with Crippen molar-refractivity contribution >= 4 is 21.7 Å². The first-order valence-corrected chi connectivity index (χ1v) is 5.20. The summed E-state index contributed by atoms with van der Waals surface area (Å²) in [7, 11) is 0. The fourth-order valence-electron chi connectivity index (χ4n) is 0.928. The first-order valence-electron chi connectivity index (χ1n) is 4.40. The van der Waals surface area contributed by atoms with Crippen LogP contribution in [0.2, 0.25) is 0 Å². The Morgan fingerprint density at radius 1 is 1.64 bits per heavy atom. The van der Waals surface area contributed by atoms with Gasteiger partial charge >= 0.3 is 0 Å². The van der Waals surface area contributed by atoms with Crippen molar-refractivity contribution in [2.24, 2.45) is 0 Å². The van der Waals surface area contributed by atoms with Crippen molar-refractivity contribution in [1.29, 1.82) is 5.26 Å². The summed E-state index contributed by atoms with van der Waals surface area (Å²) in [6, 6.07) is 5.96. The van der Waals surface area contributed by atoms with Crippen LogP contribution in [0.25, 0.3) is 0 Å². The molecule has 0 aliphatic rings. The zero-order chi connectivity index (χ0) is 10.6. The molecular formula is C10H12BrN3. The monoisotopic (exact) mass is 253 g/mol. The van der Waals surface area contributed by atoms with Crippen LogP contribution in [0.4, 0.5) is 5.82 Å². The molecule has 1 rings (SSSR count). The Bertz CT molecular complexity index is 341. The normalized spacial score (nSPS) is 14.1. The number of anilines is 1. The molecule has 1 aromatic heterocycles. The molecule has 1 heterocycles. The summed E-state index contributed by atoms with van der Waals surface area (Å²) in [5, 5.41) is 12.0. The van der Waals surface area contributed by atoms with E-state index in [0.29, 0.717) is 0 Å². The molecule has 1 unspecified atom stereocenters. The van der Waals surface area contributed by atoms with Gasteiger partial charge < -0.3 is 5.32 Å². The minimum atomic E-state index is -0.541. The molecule has 1 N–H and O–H groups in total. The first-order chi connectivity index (χ1) is 6.59. The lowest BCUT2D eigenvalue weighted by molar-refractivity contribution is 0.623. The van der Waals surface area contributed by atoms with E-state index in [1.165, 1.54) is 0 Å². The number of nitrogens with one attached hydrogen (secondary N) is 1. The molecule has 0 bridgehead atoms. The third-order valence-electron chi connectivity index (χ3n) is 2.09. The number of hydrogen-bond acceptors (Lipinski definition) is 3. The quantitative estimate of drug-likeness (QED) is 0.902. The van der Waals surface area contributed by atoms with E-state index in [-0.39, 0.29) is 0 Å². The maximum atomic E-state index is 8.95. The number of halogens is 1. The lowest BCUT2D eigenvalue weighted by atomic mass is 10.0. The Kier molecular flexibility index (Phi) is 3.48. The van der Waals surface area contributed by atoms with Gasteiger partial charge in [-0.15, -0.1) is 0 Å². The smallest absolute Gasteiger partial charge is 0.127 e. The standard InChI is InChI=1S/C10H12BrN3/c1-3-10(2,7-12)14-9-5-4-8(11)6-13-9/h4-6H,3H2,1-2H3,(H,13,14). The Balaban J connectivity index is 2.79. The highest BCUT2D eigenvalue weighted by Crippen LogP contribution is 2.17. The lowest BCUT2D eigenvalue weighted by Crippen LogP contribution is -2.32. The summed E-state index contributed by atoms with van der Waals surface area (Å²) in [6.45, 7) is 3.83. The van der Waals surface area contributed by atoms with Crippen molar-refractivity contribution in [1.82, 2.24) is 4.98 Å². The maximum absolute atomic E-state index is 8.95. The van der Waals surface area contributed by atoms with Crippen LogP contribution >= 0.6 is 15.9 Å². The number of pyridine rings is 1. The highest BCUT2D eigenvalue weighted by Gasteiger charge is 2.20. The molecule has 74 valence electrons. The molecule has 0 aliphatic heterocycles. The van der Waals surface area contributed by atoms with Gasteiger partial charge in [0.15, 0.2) is 0 Å². The van der Waals surface area contributed by atoms with Crippen LogP contribution in [-0.2, 0) is 0 Å². The van der Waals surface area contributed by atoms with Crippen LogP contribution in [0, 0.1) is 11.3 Å². The number of nitriles is 1. The van der Waals surface area contributed by atoms with Gasteiger partial charge in [0.25, 0.3) is 0 Å². The molecule has 0 spiro atoms. The highest BCUT2D eigenvalue weighted by atomic mass is 79.9. The van der Waals surface area contributed by atoms with Crippen LogP contribution < -0.4 is 5.32 Å². The largest absolute Gasteiger partial charge is 0.352 e. The Morgan fingerprint density at radius 3 is 2.79 bits per heavy atom. The van der Waals surface area contributed by atoms with E-state index in [9.17, 15) is 0 Å². The Morgan fingerprint density at radius 2 is 2.36 bits per heavy atom. The predicted octanol–water partition coefficient (Wildman–Crippen LogP) is 2.95. The minimum Gasteiger partial charge on any atom is -0.352 e. The fraction of sp³-hybridized carbons (Fsp3) is 0.400. The second kappa shape index (κ2) is 4.43. The molecule has 0 fully saturated rings. The van der Waals surface area contributed by atoms with Crippen LogP contribution in [0.3, 0.4) is 0 Å². The number of rotatable bonds is 3. The SMILES string of the molecule is CCC(C)(C#N)Nc1ccc(Br)cn1. The van der Waals surface area contributed by atoms with E-state index in [1.807, 2.05) is 26.0 Å². The van der Waals surface area contributed by atoms with Crippen molar-refractivity contribution in [3.8, 4) is 6.07 Å². The van der Waals surface area contributed by atoms with E-state index in [1.54, 1.807) is 6.20 Å². The maximum Gasteiger partial charge on any atom is 0.127 e. The van der Waals surface area contributed by atoms with Crippen LogP contribution in [0.5, 0.6) is 0 Å². The van der Waals surface area contributed by atoms with Crippen LogP contribution in [0.15, 0.2) is 22.8 Å². The van der Waals surface area contributed by atoms with E-state index < -0.39 is 5.54 Å². The Hall–Kier alpha value is -1.08. The van der Waals surface area contributed by atoms with Crippen molar-refractivity contribution in [3.63, 3.8) is 0 Å². The molecule has 0 amide bonds. The van der Waals surface area contributed by atoms with Crippen molar-refractivity contribution in [2.75, 3.05) is 5.32 Å².